The molecule has 0 aromatic heterocycles. The van der Waals surface area contributed by atoms with Gasteiger partial charge < -0.3 is 62.8 Å². The van der Waals surface area contributed by atoms with Gasteiger partial charge in [-0.1, -0.05) is 104 Å². The number of ether oxygens (including phenoxy) is 8. The molecular formula is C78H56Cl4F11N3O16. The number of amides is 3. The van der Waals surface area contributed by atoms with Crippen molar-refractivity contribution in [2.45, 2.75) is 73.9 Å². The molecule has 584 valence electrons. The molecule has 19 nitrogen and oxygen atoms in total. The lowest BCUT2D eigenvalue weighted by atomic mass is 9.77. The predicted molar refractivity (Wildman–Crippen MR) is 383 cm³/mol. The molecule has 6 unspecified atom stereocenters. The molecule has 12 rings (SSSR count). The number of hydrogen-bond acceptors (Lipinski definition) is 15. The average molecular weight is 1640 g/mol. The second-order valence-corrected chi connectivity index (χ2v) is 27.7. The Morgan fingerprint density at radius 3 is 1.12 bits per heavy atom. The predicted octanol–water partition coefficient (Wildman–Crippen LogP) is 19.1. The molecule has 112 heavy (non-hydrogen) atoms. The molecule has 34 heteroatoms. The third-order valence-corrected chi connectivity index (χ3v) is 20.9. The summed E-state index contributed by atoms with van der Waals surface area (Å²) in [6.45, 7) is 1.67. The topological polar surface area (TPSA) is 226 Å². The van der Waals surface area contributed by atoms with E-state index in [2.05, 4.69) is 0 Å². The van der Waals surface area contributed by atoms with Crippen LogP contribution in [0.1, 0.15) is 103 Å². The number of halogens is 15. The van der Waals surface area contributed by atoms with E-state index in [1.807, 2.05) is 0 Å². The highest BCUT2D eigenvalue weighted by Gasteiger charge is 2.66. The minimum absolute atomic E-state index is 0.0430. The Hall–Kier alpha value is -11.1. The third-order valence-electron chi connectivity index (χ3n) is 19.6. The van der Waals surface area contributed by atoms with Crippen molar-refractivity contribution in [2.75, 3.05) is 55.7 Å². The summed E-state index contributed by atoms with van der Waals surface area (Å²) in [5.41, 5.74) is -17.7. The van der Waals surface area contributed by atoms with Crippen molar-refractivity contribution in [1.29, 1.82) is 0 Å². The highest BCUT2D eigenvalue weighted by atomic mass is 35.5. The molecule has 0 aliphatic carbocycles. The maximum Gasteiger partial charge on any atom is 0.433 e. The first kappa shape index (κ1) is 80.5. The zero-order valence-corrected chi connectivity index (χ0v) is 61.6. The van der Waals surface area contributed by atoms with Crippen LogP contribution in [0.5, 0.6) is 51.7 Å². The van der Waals surface area contributed by atoms with Crippen molar-refractivity contribution < 1.29 is 125 Å². The summed E-state index contributed by atoms with van der Waals surface area (Å²) in [5, 5.41) is 19.3. The van der Waals surface area contributed by atoms with E-state index in [1.54, 1.807) is 0 Å². The summed E-state index contributed by atoms with van der Waals surface area (Å²) < 4.78 is 221. The molecule has 3 aliphatic heterocycles. The molecule has 0 fully saturated rings. The van der Waals surface area contributed by atoms with Gasteiger partial charge in [0.1, 0.15) is 63.4 Å². The number of fused-ring (bicyclic) bond motifs is 3. The molecule has 0 saturated heterocycles. The van der Waals surface area contributed by atoms with Gasteiger partial charge in [-0.3, -0.25) is 14.4 Å². The maximum absolute atomic E-state index is 16.8. The van der Waals surface area contributed by atoms with Crippen molar-refractivity contribution in [3.8, 4) is 51.7 Å². The first-order chi connectivity index (χ1) is 52.6. The van der Waals surface area contributed by atoms with Gasteiger partial charge in [0.05, 0.1) is 38.8 Å². The molecule has 6 atom stereocenters. The van der Waals surface area contributed by atoms with Crippen LogP contribution in [-0.4, -0.2) is 105 Å². The Balaban J connectivity index is 0.830. The summed E-state index contributed by atoms with van der Waals surface area (Å²) in [7, 11) is 3.82. The first-order valence-electron chi connectivity index (χ1n) is 33.1. The first-order valence-corrected chi connectivity index (χ1v) is 34.6. The summed E-state index contributed by atoms with van der Waals surface area (Å²) in [5.74, 6) is -17.7. The molecule has 2 N–H and O–H groups in total. The lowest BCUT2D eigenvalue weighted by Crippen LogP contribution is -2.50. The van der Waals surface area contributed by atoms with Gasteiger partial charge in [0.2, 0.25) is 11.2 Å². The number of benzene rings is 9. The van der Waals surface area contributed by atoms with Gasteiger partial charge in [0.15, 0.2) is 25.4 Å². The van der Waals surface area contributed by atoms with Crippen molar-refractivity contribution in [3.05, 3.63) is 246 Å². The number of likely N-dealkylation sites (N-methyl/N-ethyl adjacent to an activating group) is 3. The van der Waals surface area contributed by atoms with Gasteiger partial charge in [0.25, 0.3) is 17.7 Å². The fourth-order valence-electron chi connectivity index (χ4n) is 13.3. The number of nitrogens with zero attached hydrogens (tertiary/aromatic N) is 3. The van der Waals surface area contributed by atoms with Gasteiger partial charge in [-0.2, -0.15) is 39.5 Å². The number of rotatable bonds is 20. The summed E-state index contributed by atoms with van der Waals surface area (Å²) >= 11 is 26.8. The van der Waals surface area contributed by atoms with Gasteiger partial charge >= 0.3 is 36.4 Å². The van der Waals surface area contributed by atoms with Gasteiger partial charge in [-0.25, -0.2) is 23.2 Å². The van der Waals surface area contributed by atoms with Crippen LogP contribution in [0, 0.1) is 11.6 Å². The summed E-state index contributed by atoms with van der Waals surface area (Å²) in [6.07, 6.45) is -16.7. The summed E-state index contributed by atoms with van der Waals surface area (Å²) in [6, 6.07) is 26.6. The summed E-state index contributed by atoms with van der Waals surface area (Å²) in [4.78, 5) is 82.0. The van der Waals surface area contributed by atoms with Gasteiger partial charge in [0, 0.05) is 71.2 Å². The van der Waals surface area contributed by atoms with Crippen molar-refractivity contribution in [3.63, 3.8) is 0 Å². The maximum atomic E-state index is 16.8. The zero-order chi connectivity index (χ0) is 81.4. The lowest BCUT2D eigenvalue weighted by molar-refractivity contribution is -0.274. The molecule has 3 heterocycles. The normalized spacial score (nSPS) is 16.1. The van der Waals surface area contributed by atoms with Gasteiger partial charge in [-0.15, -0.1) is 0 Å². The number of carbonyl (C=O) groups excluding carboxylic acids is 5. The minimum Gasteiger partial charge on any atom is -0.482 e. The minimum atomic E-state index is -5.66. The Labute approximate surface area is 647 Å². The number of esters is 2. The Morgan fingerprint density at radius 1 is 0.402 bits per heavy atom. The van der Waals surface area contributed by atoms with Crippen LogP contribution in [0.15, 0.2) is 164 Å². The number of alkyl halides is 9. The SMILES string of the molecule is CC(c1ccc(Oc2ccc(Cl)c(C(=O)OC(c3ccc4c(c3)N(C)C(=O)CO4)(C(C)c3ccc(Oc4ccc(C(=O)OC(c5ccc6c(c5)N(C)C(=O)CO6)(C(C)c5ccc(Oc6ccc(F)c(C(=O)O)c6)cc5Cl)C(F)(F)F)c(F)c4)cc3Cl)C(F)(F)F)c2)cc1Cl)C(O)(c1ccc2c(c1)N(C)C(=O)CO2)C(F)(F)F. The lowest BCUT2D eigenvalue weighted by Gasteiger charge is -2.41. The van der Waals surface area contributed by atoms with Crippen LogP contribution in [0.25, 0.3) is 0 Å². The van der Waals surface area contributed by atoms with Crippen LogP contribution >= 0.6 is 46.4 Å². The van der Waals surface area contributed by atoms with E-state index in [-0.39, 0.29) is 85.8 Å². The molecule has 0 spiro atoms. The van der Waals surface area contributed by atoms with Crippen LogP contribution < -0.4 is 43.1 Å². The van der Waals surface area contributed by atoms with Crippen LogP contribution in [0.4, 0.5) is 65.4 Å². The van der Waals surface area contributed by atoms with E-state index in [1.165, 1.54) is 33.3 Å². The zero-order valence-electron chi connectivity index (χ0n) is 58.6. The quantitative estimate of drug-likeness (QED) is 0.0534. The molecule has 9 aromatic rings. The van der Waals surface area contributed by atoms with Gasteiger partial charge in [-0.05, 0) is 144 Å². The fourth-order valence-corrected chi connectivity index (χ4v) is 14.5. The largest absolute Gasteiger partial charge is 0.482 e. The molecule has 9 aromatic carbocycles. The Kier molecular flexibility index (Phi) is 21.7. The number of anilines is 3. The molecular weight excluding hydrogens is 1590 g/mol. The Bertz CT molecular complexity index is 5340. The second kappa shape index (κ2) is 30.2. The second-order valence-electron chi connectivity index (χ2n) is 26.0. The fraction of sp³-hybridized carbons (Fsp3) is 0.231. The van der Waals surface area contributed by atoms with Crippen LogP contribution in [-0.2, 0) is 40.7 Å². The number of aliphatic hydroxyl groups is 1. The highest BCUT2D eigenvalue weighted by Crippen LogP contribution is 2.58. The molecule has 3 amide bonds. The van der Waals surface area contributed by atoms with Crippen molar-refractivity contribution >= 4 is 99.1 Å². The highest BCUT2D eigenvalue weighted by molar-refractivity contribution is 6.34. The smallest absolute Gasteiger partial charge is 0.433 e. The number of carboxylic acid groups (broad SMARTS) is 1. The number of aromatic carboxylic acids is 1. The standard InChI is InChI=1S/C78H56Cl4F11N3O16/c1-37(73(104,76(85,86)87)40-7-22-64-61(25-40)94(4)67(97)34-105-64)49-16-10-45(30-56(49)80)108-43-14-20-55(79)53(28-43)72(103)112-75(78(91,92)93,42-9-24-66-63(27-42)96(6)69(99)36-107-66)39(3)51-18-12-47(32-58(51)82)110-48-13-19-52(60(84)33-48)71(102)111-74(77(88,89)90,41-8-23-65-62(26-41)95(5)68(98)35-106-65)38(2)50-17-11-46(31-57(50)81)109-44-15-21-59(83)54(29-44)70(100)101/h7-33,37-39,104H,34-36H2,1-6H3,(H,100,101). The molecule has 0 radical (unpaired) electrons. The van der Waals surface area contributed by atoms with Crippen molar-refractivity contribution in [2.24, 2.45) is 0 Å². The molecule has 0 bridgehead atoms. The molecule has 0 saturated carbocycles. The van der Waals surface area contributed by atoms with E-state index in [9.17, 15) is 43.4 Å². The van der Waals surface area contributed by atoms with E-state index in [4.69, 9.17) is 84.3 Å². The molecule has 3 aliphatic rings. The monoisotopic (exact) mass is 1640 g/mol. The third kappa shape index (κ3) is 14.7. The van der Waals surface area contributed by atoms with E-state index in [0.717, 1.165) is 175 Å². The van der Waals surface area contributed by atoms with E-state index < -0.39 is 173 Å². The number of carbonyl (C=O) groups is 6. The number of carboxylic acids is 1. The number of hydrogen-bond donors (Lipinski definition) is 2. The van der Waals surface area contributed by atoms with Crippen LogP contribution in [0.2, 0.25) is 20.1 Å². The van der Waals surface area contributed by atoms with Crippen molar-refractivity contribution in [1.82, 2.24) is 0 Å². The van der Waals surface area contributed by atoms with E-state index in [0.29, 0.717) is 12.1 Å². The Morgan fingerprint density at radius 2 is 0.741 bits per heavy atom. The van der Waals surface area contributed by atoms with Crippen LogP contribution in [0.3, 0.4) is 0 Å². The van der Waals surface area contributed by atoms with E-state index >= 15 is 43.9 Å². The average Bonchev–Trinajstić information content (AvgIpc) is 0.733.